The summed E-state index contributed by atoms with van der Waals surface area (Å²) in [6.07, 6.45) is 6.49. The number of aromatic nitrogens is 2. The van der Waals surface area contributed by atoms with Gasteiger partial charge in [0.05, 0.1) is 0 Å². The Morgan fingerprint density at radius 2 is 1.88 bits per heavy atom. The van der Waals surface area contributed by atoms with Gasteiger partial charge in [-0.05, 0) is 55.9 Å². The van der Waals surface area contributed by atoms with Gasteiger partial charge in [0.1, 0.15) is 23.8 Å². The number of anilines is 3. The van der Waals surface area contributed by atoms with Gasteiger partial charge in [-0.3, -0.25) is 4.79 Å². The lowest BCUT2D eigenvalue weighted by molar-refractivity contribution is -0.131. The van der Waals surface area contributed by atoms with Gasteiger partial charge in [-0.25, -0.2) is 14.4 Å². The Labute approximate surface area is 196 Å². The summed E-state index contributed by atoms with van der Waals surface area (Å²) < 4.78 is 13.2. The number of amides is 1. The summed E-state index contributed by atoms with van der Waals surface area (Å²) in [6, 6.07) is 8.63. The highest BCUT2D eigenvalue weighted by molar-refractivity contribution is 5.76. The van der Waals surface area contributed by atoms with E-state index in [-0.39, 0.29) is 11.7 Å². The van der Waals surface area contributed by atoms with Crippen molar-refractivity contribution in [1.82, 2.24) is 14.9 Å². The fourth-order valence-electron chi connectivity index (χ4n) is 4.73. The first-order valence-electron chi connectivity index (χ1n) is 12.2. The molecule has 2 aliphatic rings. The third-order valence-corrected chi connectivity index (χ3v) is 6.64. The number of nitrogens with one attached hydrogen (secondary N) is 1. The van der Waals surface area contributed by atoms with Gasteiger partial charge >= 0.3 is 0 Å². The molecule has 33 heavy (non-hydrogen) atoms. The molecule has 1 unspecified atom stereocenters. The van der Waals surface area contributed by atoms with Crippen LogP contribution in [0.4, 0.5) is 21.7 Å². The van der Waals surface area contributed by atoms with Gasteiger partial charge in [0.15, 0.2) is 0 Å². The van der Waals surface area contributed by atoms with E-state index in [9.17, 15) is 9.18 Å². The van der Waals surface area contributed by atoms with Crippen molar-refractivity contribution in [2.24, 2.45) is 5.92 Å². The van der Waals surface area contributed by atoms with Gasteiger partial charge in [0.2, 0.25) is 5.91 Å². The number of nitrogens with zero attached hydrogens (tertiary/aromatic N) is 5. The van der Waals surface area contributed by atoms with E-state index in [1.807, 2.05) is 23.1 Å². The molecule has 1 amide bonds. The minimum atomic E-state index is -0.220. The molecule has 1 N–H and O–H groups in total. The number of carbonyl (C=O) groups is 1. The van der Waals surface area contributed by atoms with E-state index < -0.39 is 0 Å². The van der Waals surface area contributed by atoms with Crippen molar-refractivity contribution in [3.63, 3.8) is 0 Å². The summed E-state index contributed by atoms with van der Waals surface area (Å²) in [5, 5.41) is 3.33. The van der Waals surface area contributed by atoms with Crippen LogP contribution in [0.15, 0.2) is 36.7 Å². The molecule has 2 aliphatic heterocycles. The van der Waals surface area contributed by atoms with Gasteiger partial charge in [-0.15, -0.1) is 0 Å². The lowest BCUT2D eigenvalue weighted by Gasteiger charge is -2.37. The minimum absolute atomic E-state index is 0.220. The average Bonchev–Trinajstić information content (AvgIpc) is 2.87. The predicted molar refractivity (Wildman–Crippen MR) is 130 cm³/mol. The Bertz CT molecular complexity index is 900. The molecule has 0 radical (unpaired) electrons. The lowest BCUT2D eigenvalue weighted by Crippen LogP contribution is -2.49. The minimum Gasteiger partial charge on any atom is -0.370 e. The molecule has 1 atom stereocenters. The third kappa shape index (κ3) is 6.33. The highest BCUT2D eigenvalue weighted by Gasteiger charge is 2.25. The largest absolute Gasteiger partial charge is 0.370 e. The zero-order valence-corrected chi connectivity index (χ0v) is 19.5. The SMILES string of the molecule is CCCNc1cc(N2CCCC(CCC(=O)N3CCN(c4ccc(F)cc4)CC3)C2)ncn1. The summed E-state index contributed by atoms with van der Waals surface area (Å²) in [5.41, 5.74) is 1.02. The number of rotatable bonds is 8. The standard InChI is InChI=1S/C25H35FN6O/c1-2-11-27-23-17-24(29-19-28-23)32-12-3-4-20(18-32)5-10-25(33)31-15-13-30(14-16-31)22-8-6-21(26)7-9-22/h6-9,17,19-20H,2-5,10-16,18H2,1H3,(H,27,28,29). The van der Waals surface area contributed by atoms with Gasteiger partial charge < -0.3 is 20.0 Å². The maximum Gasteiger partial charge on any atom is 0.222 e. The molecule has 8 heteroatoms. The fraction of sp³-hybridized carbons (Fsp3) is 0.560. The van der Waals surface area contributed by atoms with Crippen LogP contribution in [-0.4, -0.2) is 66.6 Å². The van der Waals surface area contributed by atoms with Crippen LogP contribution in [0.5, 0.6) is 0 Å². The molecule has 0 aliphatic carbocycles. The van der Waals surface area contributed by atoms with Crippen LogP contribution in [0.2, 0.25) is 0 Å². The molecule has 4 rings (SSSR count). The zero-order chi connectivity index (χ0) is 23.0. The van der Waals surface area contributed by atoms with Crippen molar-refractivity contribution >= 4 is 23.2 Å². The average molecular weight is 455 g/mol. The van der Waals surface area contributed by atoms with Crippen molar-refractivity contribution in [2.75, 3.05) is 60.9 Å². The van der Waals surface area contributed by atoms with E-state index in [0.29, 0.717) is 12.3 Å². The molecule has 2 fully saturated rings. The summed E-state index contributed by atoms with van der Waals surface area (Å²) >= 11 is 0. The van der Waals surface area contributed by atoms with E-state index in [0.717, 1.165) is 88.8 Å². The third-order valence-electron chi connectivity index (χ3n) is 6.64. The fourth-order valence-corrected chi connectivity index (χ4v) is 4.73. The molecule has 1 aromatic heterocycles. The first-order valence-corrected chi connectivity index (χ1v) is 12.2. The first-order chi connectivity index (χ1) is 16.1. The van der Waals surface area contributed by atoms with Crippen molar-refractivity contribution in [2.45, 2.75) is 39.0 Å². The molecular weight excluding hydrogens is 419 g/mol. The number of piperazine rings is 1. The Kier molecular flexibility index (Phi) is 7.96. The normalized spacial score (nSPS) is 19.0. The van der Waals surface area contributed by atoms with Crippen LogP contribution in [0, 0.1) is 11.7 Å². The van der Waals surface area contributed by atoms with E-state index in [4.69, 9.17) is 0 Å². The van der Waals surface area contributed by atoms with Crippen LogP contribution in [0.3, 0.4) is 0 Å². The molecule has 0 saturated carbocycles. The Balaban J connectivity index is 1.23. The van der Waals surface area contributed by atoms with Gasteiger partial charge in [0.25, 0.3) is 0 Å². The van der Waals surface area contributed by atoms with Crippen molar-refractivity contribution in [1.29, 1.82) is 0 Å². The molecule has 1 aromatic carbocycles. The Morgan fingerprint density at radius 3 is 2.64 bits per heavy atom. The molecule has 2 aromatic rings. The zero-order valence-electron chi connectivity index (χ0n) is 19.5. The molecule has 0 bridgehead atoms. The Hall–Kier alpha value is -2.90. The van der Waals surface area contributed by atoms with E-state index in [1.54, 1.807) is 6.33 Å². The van der Waals surface area contributed by atoms with Crippen molar-refractivity contribution in [3.05, 3.63) is 42.5 Å². The monoisotopic (exact) mass is 454 g/mol. The smallest absolute Gasteiger partial charge is 0.222 e. The van der Waals surface area contributed by atoms with E-state index >= 15 is 0 Å². The van der Waals surface area contributed by atoms with Crippen LogP contribution >= 0.6 is 0 Å². The first kappa shape index (κ1) is 23.3. The molecule has 7 nitrogen and oxygen atoms in total. The maximum absolute atomic E-state index is 13.2. The summed E-state index contributed by atoms with van der Waals surface area (Å²) in [5.74, 6) is 2.38. The second-order valence-electron chi connectivity index (χ2n) is 9.03. The quantitative estimate of drug-likeness (QED) is 0.655. The highest BCUT2D eigenvalue weighted by Crippen LogP contribution is 2.26. The van der Waals surface area contributed by atoms with Crippen LogP contribution in [-0.2, 0) is 4.79 Å². The van der Waals surface area contributed by atoms with Crippen molar-refractivity contribution in [3.8, 4) is 0 Å². The van der Waals surface area contributed by atoms with E-state index in [2.05, 4.69) is 32.0 Å². The molecule has 0 spiro atoms. The van der Waals surface area contributed by atoms with Gasteiger partial charge in [0, 0.05) is 64.0 Å². The number of hydrogen-bond donors (Lipinski definition) is 1. The van der Waals surface area contributed by atoms with Crippen LogP contribution in [0.1, 0.15) is 39.0 Å². The topological polar surface area (TPSA) is 64.6 Å². The number of carbonyl (C=O) groups excluding carboxylic acids is 1. The lowest BCUT2D eigenvalue weighted by atomic mass is 9.93. The van der Waals surface area contributed by atoms with Crippen LogP contribution in [0.25, 0.3) is 0 Å². The number of hydrogen-bond acceptors (Lipinski definition) is 6. The Morgan fingerprint density at radius 1 is 1.09 bits per heavy atom. The summed E-state index contributed by atoms with van der Waals surface area (Å²) in [4.78, 5) is 28.2. The predicted octanol–water partition coefficient (Wildman–Crippen LogP) is 3.78. The second kappa shape index (κ2) is 11.3. The molecule has 3 heterocycles. The van der Waals surface area contributed by atoms with Crippen LogP contribution < -0.4 is 15.1 Å². The summed E-state index contributed by atoms with van der Waals surface area (Å²) in [6.45, 7) is 8.00. The molecule has 178 valence electrons. The maximum atomic E-state index is 13.2. The molecular formula is C25H35FN6O. The number of halogens is 1. The van der Waals surface area contributed by atoms with Crippen molar-refractivity contribution < 1.29 is 9.18 Å². The van der Waals surface area contributed by atoms with E-state index in [1.165, 1.54) is 12.1 Å². The summed E-state index contributed by atoms with van der Waals surface area (Å²) in [7, 11) is 0. The highest BCUT2D eigenvalue weighted by atomic mass is 19.1. The number of piperidine rings is 1. The molecule has 2 saturated heterocycles. The van der Waals surface area contributed by atoms with Gasteiger partial charge in [-0.1, -0.05) is 6.92 Å². The number of benzene rings is 1. The van der Waals surface area contributed by atoms with Gasteiger partial charge in [-0.2, -0.15) is 0 Å². The second-order valence-corrected chi connectivity index (χ2v) is 9.03.